The predicted molar refractivity (Wildman–Crippen MR) is 79.5 cm³/mol. The summed E-state index contributed by atoms with van der Waals surface area (Å²) in [6.07, 6.45) is 0.131. The van der Waals surface area contributed by atoms with Gasteiger partial charge in [0, 0.05) is 11.8 Å². The average Bonchev–Trinajstić information content (AvgIpc) is 2.83. The van der Waals surface area contributed by atoms with Gasteiger partial charge in [0.05, 0.1) is 6.10 Å². The van der Waals surface area contributed by atoms with Crippen molar-refractivity contribution < 1.29 is 5.11 Å². The third-order valence-corrected chi connectivity index (χ3v) is 4.77. The molecule has 0 fully saturated rings. The van der Waals surface area contributed by atoms with Gasteiger partial charge in [0.1, 0.15) is 5.01 Å². The molecule has 2 atom stereocenters. The number of benzene rings is 1. The van der Waals surface area contributed by atoms with E-state index in [2.05, 4.69) is 10.2 Å². The number of aliphatic hydroxyl groups excluding tert-OH is 1. The van der Waals surface area contributed by atoms with Crippen molar-refractivity contribution in [3.05, 3.63) is 40.9 Å². The van der Waals surface area contributed by atoms with Crippen LogP contribution < -0.4 is 5.73 Å². The van der Waals surface area contributed by atoms with Crippen LogP contribution in [-0.4, -0.2) is 33.2 Å². The molecule has 0 aliphatic rings. The molecule has 3 N–H and O–H groups in total. The first-order valence-corrected chi connectivity index (χ1v) is 7.86. The summed E-state index contributed by atoms with van der Waals surface area (Å²) in [6, 6.07) is 9.71. The Kier molecular flexibility index (Phi) is 5.33. The van der Waals surface area contributed by atoms with E-state index < -0.39 is 6.10 Å². The van der Waals surface area contributed by atoms with Crippen molar-refractivity contribution in [2.75, 3.05) is 5.75 Å². The molecule has 1 heterocycles. The zero-order valence-electron chi connectivity index (χ0n) is 10.7. The van der Waals surface area contributed by atoms with Crippen LogP contribution in [0.25, 0.3) is 0 Å². The van der Waals surface area contributed by atoms with Gasteiger partial charge >= 0.3 is 0 Å². The molecule has 0 saturated heterocycles. The summed E-state index contributed by atoms with van der Waals surface area (Å²) in [5.74, 6) is 0.544. The molecule has 2 aromatic rings. The molecule has 4 nitrogen and oxygen atoms in total. The third-order valence-electron chi connectivity index (χ3n) is 2.69. The summed E-state index contributed by atoms with van der Waals surface area (Å²) in [6.45, 7) is 1.92. The molecular weight excluding hydrogens is 278 g/mol. The van der Waals surface area contributed by atoms with Crippen molar-refractivity contribution in [1.82, 2.24) is 10.2 Å². The van der Waals surface area contributed by atoms with Crippen molar-refractivity contribution in [2.45, 2.75) is 29.8 Å². The molecule has 102 valence electrons. The van der Waals surface area contributed by atoms with Crippen LogP contribution in [0, 0.1) is 6.92 Å². The Morgan fingerprint density at radius 1 is 1.32 bits per heavy atom. The SMILES string of the molecule is Cc1nnc(SCC(O)C(N)Cc2ccccc2)s1. The fourth-order valence-electron chi connectivity index (χ4n) is 1.64. The van der Waals surface area contributed by atoms with Gasteiger partial charge in [-0.1, -0.05) is 53.4 Å². The standard InChI is InChI=1S/C13H17N3OS2/c1-9-15-16-13(19-9)18-8-12(17)11(14)7-10-5-3-2-4-6-10/h2-6,11-12,17H,7-8,14H2,1H3. The van der Waals surface area contributed by atoms with E-state index in [9.17, 15) is 5.11 Å². The third kappa shape index (κ3) is 4.58. The van der Waals surface area contributed by atoms with Gasteiger partial charge in [-0.05, 0) is 18.9 Å². The summed E-state index contributed by atoms with van der Waals surface area (Å²) < 4.78 is 0.878. The second-order valence-electron chi connectivity index (χ2n) is 4.32. The highest BCUT2D eigenvalue weighted by Crippen LogP contribution is 2.23. The molecule has 0 saturated carbocycles. The number of aryl methyl sites for hydroxylation is 1. The van der Waals surface area contributed by atoms with Crippen molar-refractivity contribution in [3.8, 4) is 0 Å². The summed E-state index contributed by atoms with van der Waals surface area (Å²) in [5, 5.41) is 18.9. The summed E-state index contributed by atoms with van der Waals surface area (Å²) in [7, 11) is 0. The molecule has 1 aromatic carbocycles. The highest BCUT2D eigenvalue weighted by molar-refractivity contribution is 8.01. The second kappa shape index (κ2) is 7.00. The van der Waals surface area contributed by atoms with Crippen LogP contribution in [0.15, 0.2) is 34.7 Å². The van der Waals surface area contributed by atoms with E-state index in [0.29, 0.717) is 12.2 Å². The van der Waals surface area contributed by atoms with Gasteiger partial charge in [-0.25, -0.2) is 0 Å². The molecule has 2 unspecified atom stereocenters. The topological polar surface area (TPSA) is 72.0 Å². The fraction of sp³-hybridized carbons (Fsp3) is 0.385. The monoisotopic (exact) mass is 295 g/mol. The molecule has 6 heteroatoms. The van der Waals surface area contributed by atoms with E-state index in [1.807, 2.05) is 37.3 Å². The van der Waals surface area contributed by atoms with Gasteiger partial charge in [-0.15, -0.1) is 10.2 Å². The summed E-state index contributed by atoms with van der Waals surface area (Å²) in [5.41, 5.74) is 7.17. The second-order valence-corrected chi connectivity index (χ2v) is 6.77. The number of aliphatic hydroxyl groups is 1. The highest BCUT2D eigenvalue weighted by Gasteiger charge is 2.16. The number of aromatic nitrogens is 2. The van der Waals surface area contributed by atoms with Crippen molar-refractivity contribution in [2.24, 2.45) is 5.73 Å². The minimum Gasteiger partial charge on any atom is -0.391 e. The Hall–Kier alpha value is -0.950. The first kappa shape index (κ1) is 14.5. The number of nitrogens with zero attached hydrogens (tertiary/aromatic N) is 2. The maximum Gasteiger partial charge on any atom is 0.174 e. The van der Waals surface area contributed by atoms with Crippen LogP contribution in [-0.2, 0) is 6.42 Å². The van der Waals surface area contributed by atoms with E-state index in [0.717, 1.165) is 14.9 Å². The lowest BCUT2D eigenvalue weighted by molar-refractivity contribution is 0.167. The van der Waals surface area contributed by atoms with Crippen molar-refractivity contribution in [3.63, 3.8) is 0 Å². The van der Waals surface area contributed by atoms with Gasteiger partial charge in [0.15, 0.2) is 4.34 Å². The van der Waals surface area contributed by atoms with E-state index >= 15 is 0 Å². The summed E-state index contributed by atoms with van der Waals surface area (Å²) >= 11 is 3.04. The van der Waals surface area contributed by atoms with Gasteiger partial charge in [-0.2, -0.15) is 0 Å². The largest absolute Gasteiger partial charge is 0.391 e. The molecule has 19 heavy (non-hydrogen) atoms. The number of thioether (sulfide) groups is 1. The fourth-order valence-corrected chi connectivity index (χ4v) is 3.52. The average molecular weight is 295 g/mol. The van der Waals surface area contributed by atoms with E-state index in [1.54, 1.807) is 0 Å². The van der Waals surface area contributed by atoms with Crippen LogP contribution in [0.5, 0.6) is 0 Å². The normalized spacial score (nSPS) is 14.3. The lowest BCUT2D eigenvalue weighted by atomic mass is 10.0. The zero-order valence-corrected chi connectivity index (χ0v) is 12.3. The molecule has 0 radical (unpaired) electrons. The Balaban J connectivity index is 1.80. The molecular formula is C13H17N3OS2. The van der Waals surface area contributed by atoms with Crippen LogP contribution in [0.3, 0.4) is 0 Å². The van der Waals surface area contributed by atoms with Gasteiger partial charge in [0.25, 0.3) is 0 Å². The van der Waals surface area contributed by atoms with Gasteiger partial charge < -0.3 is 10.8 Å². The maximum atomic E-state index is 10.1. The zero-order chi connectivity index (χ0) is 13.7. The van der Waals surface area contributed by atoms with Gasteiger partial charge in [-0.3, -0.25) is 0 Å². The van der Waals surface area contributed by atoms with Crippen molar-refractivity contribution in [1.29, 1.82) is 0 Å². The molecule has 1 aromatic heterocycles. The Bertz CT molecular complexity index is 504. The van der Waals surface area contributed by atoms with E-state index in [1.165, 1.54) is 23.1 Å². The first-order valence-electron chi connectivity index (χ1n) is 6.05. The van der Waals surface area contributed by atoms with E-state index in [-0.39, 0.29) is 6.04 Å². The molecule has 0 aliphatic heterocycles. The molecule has 0 bridgehead atoms. The molecule has 2 rings (SSSR count). The van der Waals surface area contributed by atoms with Crippen LogP contribution >= 0.6 is 23.1 Å². The van der Waals surface area contributed by atoms with Crippen molar-refractivity contribution >= 4 is 23.1 Å². The summed E-state index contributed by atoms with van der Waals surface area (Å²) in [4.78, 5) is 0. The van der Waals surface area contributed by atoms with Crippen LogP contribution in [0.2, 0.25) is 0 Å². The number of hydrogen-bond donors (Lipinski definition) is 2. The first-order chi connectivity index (χ1) is 9.15. The smallest absolute Gasteiger partial charge is 0.174 e. The lowest BCUT2D eigenvalue weighted by Crippen LogP contribution is -2.38. The number of nitrogens with two attached hydrogens (primary N) is 1. The Morgan fingerprint density at radius 3 is 2.68 bits per heavy atom. The predicted octanol–water partition coefficient (Wildman–Crippen LogP) is 1.87. The number of rotatable bonds is 6. The van der Waals surface area contributed by atoms with E-state index in [4.69, 9.17) is 5.73 Å². The molecule has 0 amide bonds. The van der Waals surface area contributed by atoms with Gasteiger partial charge in [0.2, 0.25) is 0 Å². The Morgan fingerprint density at radius 2 is 2.05 bits per heavy atom. The maximum absolute atomic E-state index is 10.1. The van der Waals surface area contributed by atoms with Crippen LogP contribution in [0.1, 0.15) is 10.6 Å². The molecule has 0 spiro atoms. The quantitative estimate of drug-likeness (QED) is 0.796. The lowest BCUT2D eigenvalue weighted by Gasteiger charge is -2.17. The number of hydrogen-bond acceptors (Lipinski definition) is 6. The minimum absolute atomic E-state index is 0.260. The van der Waals surface area contributed by atoms with Crippen LogP contribution in [0.4, 0.5) is 0 Å². The Labute approximate surface area is 121 Å². The molecule has 0 aliphatic carbocycles. The minimum atomic E-state index is -0.547. The highest BCUT2D eigenvalue weighted by atomic mass is 32.2.